The highest BCUT2D eigenvalue weighted by atomic mass is 79.9. The van der Waals surface area contributed by atoms with Gasteiger partial charge in [-0.25, -0.2) is 0 Å². The topological polar surface area (TPSA) is 78.1 Å². The van der Waals surface area contributed by atoms with E-state index in [2.05, 4.69) is 31.1 Å². The van der Waals surface area contributed by atoms with E-state index in [-0.39, 0.29) is 11.9 Å². The van der Waals surface area contributed by atoms with Crippen LogP contribution in [0.2, 0.25) is 0 Å². The summed E-state index contributed by atoms with van der Waals surface area (Å²) in [4.78, 5) is 20.4. The summed E-state index contributed by atoms with van der Waals surface area (Å²) in [5.74, 6) is -0.220. The maximum Gasteiger partial charge on any atom is 0.318 e. The molecule has 0 bridgehead atoms. The summed E-state index contributed by atoms with van der Waals surface area (Å²) >= 11 is 3.32. The highest BCUT2D eigenvalue weighted by Gasteiger charge is 2.27. The second-order valence-corrected chi connectivity index (χ2v) is 5.33. The molecule has 0 fully saturated rings. The fraction of sp³-hybridized carbons (Fsp3) is 0.429. The summed E-state index contributed by atoms with van der Waals surface area (Å²) in [7, 11) is 0. The zero-order chi connectivity index (χ0) is 15.2. The van der Waals surface area contributed by atoms with Crippen LogP contribution in [0.15, 0.2) is 27.3 Å². The molecule has 7 heteroatoms. The standard InChI is InChI=1S/C14H16BrN3O3/c1-3-5-10(14(19)20-4-2)13-17-12(18-21-13)11-7-6-9(15)8-16-11/h6-8,10H,3-5H2,1-2H3. The SMILES string of the molecule is CCCC(C(=O)OCC)c1nc(-c2ccc(Br)cn2)no1. The molecule has 0 saturated carbocycles. The zero-order valence-corrected chi connectivity index (χ0v) is 13.5. The van der Waals surface area contributed by atoms with E-state index in [0.717, 1.165) is 10.9 Å². The first-order valence-electron chi connectivity index (χ1n) is 6.77. The molecule has 0 N–H and O–H groups in total. The fourth-order valence-corrected chi connectivity index (χ4v) is 2.10. The Bertz CT molecular complexity index is 598. The number of halogens is 1. The second-order valence-electron chi connectivity index (χ2n) is 4.41. The van der Waals surface area contributed by atoms with Gasteiger partial charge in [0.05, 0.1) is 6.61 Å². The molecule has 0 aliphatic rings. The van der Waals surface area contributed by atoms with E-state index in [9.17, 15) is 4.79 Å². The van der Waals surface area contributed by atoms with Crippen LogP contribution in [0.1, 0.15) is 38.5 Å². The Morgan fingerprint density at radius 2 is 2.24 bits per heavy atom. The predicted octanol–water partition coefficient (Wildman–Crippen LogP) is 3.34. The number of nitrogens with zero attached hydrogens (tertiary/aromatic N) is 3. The van der Waals surface area contributed by atoms with E-state index in [1.165, 1.54) is 0 Å². The third-order valence-electron chi connectivity index (χ3n) is 2.84. The molecule has 21 heavy (non-hydrogen) atoms. The summed E-state index contributed by atoms with van der Waals surface area (Å²) in [5, 5.41) is 3.89. The molecule has 2 aromatic heterocycles. The lowest BCUT2D eigenvalue weighted by atomic mass is 10.0. The smallest absolute Gasteiger partial charge is 0.318 e. The molecule has 1 unspecified atom stereocenters. The van der Waals surface area contributed by atoms with Gasteiger partial charge in [-0.2, -0.15) is 4.98 Å². The molecule has 2 rings (SSSR count). The average Bonchev–Trinajstić information content (AvgIpc) is 2.95. The van der Waals surface area contributed by atoms with Crippen LogP contribution in [0, 0.1) is 0 Å². The van der Waals surface area contributed by atoms with E-state index >= 15 is 0 Å². The van der Waals surface area contributed by atoms with Gasteiger partial charge >= 0.3 is 5.97 Å². The number of hydrogen-bond donors (Lipinski definition) is 0. The minimum absolute atomic E-state index is 0.273. The number of esters is 1. The number of aromatic nitrogens is 3. The molecule has 0 amide bonds. The molecular weight excluding hydrogens is 338 g/mol. The Morgan fingerprint density at radius 1 is 1.43 bits per heavy atom. The van der Waals surface area contributed by atoms with Gasteiger partial charge in [0.2, 0.25) is 11.7 Å². The van der Waals surface area contributed by atoms with Crippen molar-refractivity contribution < 1.29 is 14.1 Å². The van der Waals surface area contributed by atoms with Crippen LogP contribution in [0.25, 0.3) is 11.5 Å². The average molecular weight is 354 g/mol. The largest absolute Gasteiger partial charge is 0.465 e. The maximum atomic E-state index is 12.0. The monoisotopic (exact) mass is 353 g/mol. The number of hydrogen-bond acceptors (Lipinski definition) is 6. The van der Waals surface area contributed by atoms with Crippen molar-refractivity contribution in [1.82, 2.24) is 15.1 Å². The molecule has 0 aliphatic heterocycles. The van der Waals surface area contributed by atoms with Gasteiger partial charge < -0.3 is 9.26 Å². The Labute approximate surface area is 131 Å². The van der Waals surface area contributed by atoms with Crippen molar-refractivity contribution in [3.8, 4) is 11.5 Å². The molecule has 0 saturated heterocycles. The second kappa shape index (κ2) is 7.31. The van der Waals surface area contributed by atoms with Crippen LogP contribution in [-0.4, -0.2) is 27.7 Å². The molecular formula is C14H16BrN3O3. The molecule has 0 spiro atoms. The van der Waals surface area contributed by atoms with Crippen molar-refractivity contribution in [2.24, 2.45) is 0 Å². The Hall–Kier alpha value is -1.76. The molecule has 112 valence electrons. The van der Waals surface area contributed by atoms with Gasteiger partial charge in [-0.05, 0) is 41.4 Å². The van der Waals surface area contributed by atoms with Gasteiger partial charge in [-0.15, -0.1) is 0 Å². The zero-order valence-electron chi connectivity index (χ0n) is 11.9. The van der Waals surface area contributed by atoms with Crippen LogP contribution in [0.3, 0.4) is 0 Å². The van der Waals surface area contributed by atoms with Crippen LogP contribution >= 0.6 is 15.9 Å². The van der Waals surface area contributed by atoms with Gasteiger partial charge in [0.25, 0.3) is 0 Å². The lowest BCUT2D eigenvalue weighted by molar-refractivity contribution is -0.145. The minimum Gasteiger partial charge on any atom is -0.465 e. The van der Waals surface area contributed by atoms with Crippen LogP contribution in [0.5, 0.6) is 0 Å². The molecule has 2 heterocycles. The van der Waals surface area contributed by atoms with Crippen LogP contribution in [-0.2, 0) is 9.53 Å². The quantitative estimate of drug-likeness (QED) is 0.741. The van der Waals surface area contributed by atoms with Crippen molar-refractivity contribution in [2.45, 2.75) is 32.6 Å². The Balaban J connectivity index is 2.23. The van der Waals surface area contributed by atoms with Crippen LogP contribution in [0.4, 0.5) is 0 Å². The summed E-state index contributed by atoms with van der Waals surface area (Å²) < 4.78 is 11.1. The molecule has 1 atom stereocenters. The maximum absolute atomic E-state index is 12.0. The van der Waals surface area contributed by atoms with E-state index in [1.807, 2.05) is 13.0 Å². The highest BCUT2D eigenvalue weighted by Crippen LogP contribution is 2.24. The predicted molar refractivity (Wildman–Crippen MR) is 79.5 cm³/mol. The van der Waals surface area contributed by atoms with E-state index in [0.29, 0.717) is 24.5 Å². The van der Waals surface area contributed by atoms with E-state index < -0.39 is 5.92 Å². The molecule has 0 aromatic carbocycles. The number of pyridine rings is 1. The molecule has 0 aliphatic carbocycles. The Morgan fingerprint density at radius 3 is 2.86 bits per heavy atom. The number of carbonyl (C=O) groups excluding carboxylic acids is 1. The van der Waals surface area contributed by atoms with Crippen molar-refractivity contribution in [3.05, 3.63) is 28.7 Å². The summed E-state index contributed by atoms with van der Waals surface area (Å²) in [6.07, 6.45) is 3.08. The van der Waals surface area contributed by atoms with E-state index in [1.54, 1.807) is 19.2 Å². The third kappa shape index (κ3) is 3.87. The summed E-state index contributed by atoms with van der Waals surface area (Å²) in [6.45, 7) is 4.08. The number of rotatable bonds is 6. The van der Waals surface area contributed by atoms with Gasteiger partial charge in [0, 0.05) is 10.7 Å². The first-order valence-corrected chi connectivity index (χ1v) is 7.57. The van der Waals surface area contributed by atoms with Crippen molar-refractivity contribution >= 4 is 21.9 Å². The molecule has 0 radical (unpaired) electrons. The first kappa shape index (κ1) is 15.6. The van der Waals surface area contributed by atoms with Gasteiger partial charge in [0.15, 0.2) is 0 Å². The lowest BCUT2D eigenvalue weighted by Crippen LogP contribution is -2.16. The van der Waals surface area contributed by atoms with Gasteiger partial charge in [0.1, 0.15) is 11.6 Å². The third-order valence-corrected chi connectivity index (χ3v) is 3.31. The van der Waals surface area contributed by atoms with Gasteiger partial charge in [-0.3, -0.25) is 9.78 Å². The van der Waals surface area contributed by atoms with Crippen LogP contribution < -0.4 is 0 Å². The minimum atomic E-state index is -0.522. The van der Waals surface area contributed by atoms with Crippen molar-refractivity contribution in [2.75, 3.05) is 6.61 Å². The number of carbonyl (C=O) groups is 1. The van der Waals surface area contributed by atoms with Gasteiger partial charge in [-0.1, -0.05) is 18.5 Å². The lowest BCUT2D eigenvalue weighted by Gasteiger charge is -2.09. The van der Waals surface area contributed by atoms with Crippen molar-refractivity contribution in [3.63, 3.8) is 0 Å². The number of ether oxygens (including phenoxy) is 1. The summed E-state index contributed by atoms with van der Waals surface area (Å²) in [5.41, 5.74) is 0.590. The highest BCUT2D eigenvalue weighted by molar-refractivity contribution is 9.10. The normalized spacial score (nSPS) is 12.1. The first-order chi connectivity index (χ1) is 10.2. The summed E-state index contributed by atoms with van der Waals surface area (Å²) in [6, 6.07) is 3.62. The molecule has 2 aromatic rings. The van der Waals surface area contributed by atoms with E-state index in [4.69, 9.17) is 9.26 Å². The van der Waals surface area contributed by atoms with Crippen molar-refractivity contribution in [1.29, 1.82) is 0 Å². The fourth-order valence-electron chi connectivity index (χ4n) is 1.86. The molecule has 6 nitrogen and oxygen atoms in total. The Kier molecular flexibility index (Phi) is 5.44.